The number of nitrogens with one attached hydrogen (secondary N) is 1. The fourth-order valence-electron chi connectivity index (χ4n) is 1.78. The summed E-state index contributed by atoms with van der Waals surface area (Å²) in [5.41, 5.74) is 0.439. The third-order valence-electron chi connectivity index (χ3n) is 2.96. The molecule has 0 saturated heterocycles. The van der Waals surface area contributed by atoms with Crippen molar-refractivity contribution < 1.29 is 19.0 Å². The van der Waals surface area contributed by atoms with E-state index in [0.29, 0.717) is 35.3 Å². The minimum atomic E-state index is -0.177. The Morgan fingerprint density at radius 3 is 2.10 bits per heavy atom. The molecule has 5 nitrogen and oxygen atoms in total. The lowest BCUT2D eigenvalue weighted by Gasteiger charge is -2.14. The molecule has 0 unspecified atom stereocenters. The smallest absolute Gasteiger partial charge is 0.255 e. The molecule has 0 aliphatic carbocycles. The zero-order valence-electron chi connectivity index (χ0n) is 12.8. The van der Waals surface area contributed by atoms with E-state index < -0.39 is 0 Å². The summed E-state index contributed by atoms with van der Waals surface area (Å²) < 4.78 is 15.6. The molecule has 0 spiro atoms. The van der Waals surface area contributed by atoms with Crippen molar-refractivity contribution in [3.63, 3.8) is 0 Å². The molecular weight excluding hydrogens is 258 g/mol. The molecule has 0 radical (unpaired) electrons. The maximum atomic E-state index is 12.2. The highest BCUT2D eigenvalue weighted by molar-refractivity contribution is 5.97. The van der Waals surface area contributed by atoms with Crippen LogP contribution in [-0.2, 0) is 0 Å². The number of carbonyl (C=O) groups excluding carboxylic acids is 1. The van der Waals surface area contributed by atoms with Crippen molar-refractivity contribution in [1.82, 2.24) is 5.32 Å². The minimum Gasteiger partial charge on any atom is -0.496 e. The number of hydrogen-bond acceptors (Lipinski definition) is 4. The van der Waals surface area contributed by atoms with E-state index in [1.165, 1.54) is 14.2 Å². The first-order chi connectivity index (χ1) is 9.53. The fraction of sp³-hybridized carbons (Fsp3) is 0.533. The first kappa shape index (κ1) is 16.1. The van der Waals surface area contributed by atoms with E-state index in [0.717, 1.165) is 6.42 Å². The Balaban J connectivity index is 2.94. The number of rotatable bonds is 7. The Bertz CT molecular complexity index is 457. The Hall–Kier alpha value is -1.91. The quantitative estimate of drug-likeness (QED) is 0.834. The van der Waals surface area contributed by atoms with Gasteiger partial charge in [-0.2, -0.15) is 0 Å². The Kier molecular flexibility index (Phi) is 6.15. The second-order valence-corrected chi connectivity index (χ2v) is 4.85. The number of methoxy groups -OCH3 is 3. The van der Waals surface area contributed by atoms with E-state index in [4.69, 9.17) is 14.2 Å². The lowest BCUT2D eigenvalue weighted by Crippen LogP contribution is -2.25. The monoisotopic (exact) mass is 281 g/mol. The second-order valence-electron chi connectivity index (χ2n) is 4.85. The highest BCUT2D eigenvalue weighted by atomic mass is 16.5. The van der Waals surface area contributed by atoms with Crippen LogP contribution in [0.5, 0.6) is 17.2 Å². The second kappa shape index (κ2) is 7.62. The summed E-state index contributed by atoms with van der Waals surface area (Å²) in [6, 6.07) is 3.28. The standard InChI is InChI=1S/C15H23NO4/c1-10(2)6-7-16-15(17)11-8-13(19-4)14(20-5)9-12(11)18-3/h8-10H,6-7H2,1-5H3,(H,16,17). The summed E-state index contributed by atoms with van der Waals surface area (Å²) in [5.74, 6) is 1.86. The molecule has 1 aromatic rings. The zero-order chi connectivity index (χ0) is 15.1. The van der Waals surface area contributed by atoms with Crippen molar-refractivity contribution in [2.24, 2.45) is 5.92 Å². The van der Waals surface area contributed by atoms with Crippen molar-refractivity contribution in [2.45, 2.75) is 20.3 Å². The molecule has 0 atom stereocenters. The van der Waals surface area contributed by atoms with Crippen molar-refractivity contribution in [3.05, 3.63) is 17.7 Å². The molecule has 112 valence electrons. The minimum absolute atomic E-state index is 0.177. The van der Waals surface area contributed by atoms with Gasteiger partial charge in [-0.15, -0.1) is 0 Å². The lowest BCUT2D eigenvalue weighted by molar-refractivity contribution is 0.0948. The lowest BCUT2D eigenvalue weighted by atomic mass is 10.1. The Labute approximate surface area is 120 Å². The van der Waals surface area contributed by atoms with Gasteiger partial charge in [-0.3, -0.25) is 4.79 Å². The third-order valence-corrected chi connectivity index (χ3v) is 2.96. The average molecular weight is 281 g/mol. The molecular formula is C15H23NO4. The van der Waals surface area contributed by atoms with Gasteiger partial charge in [0.15, 0.2) is 11.5 Å². The Morgan fingerprint density at radius 1 is 1.05 bits per heavy atom. The maximum absolute atomic E-state index is 12.2. The van der Waals surface area contributed by atoms with E-state index in [-0.39, 0.29) is 5.91 Å². The molecule has 5 heteroatoms. The van der Waals surface area contributed by atoms with E-state index in [1.54, 1.807) is 19.2 Å². The number of benzene rings is 1. The average Bonchev–Trinajstić information content (AvgIpc) is 2.45. The van der Waals surface area contributed by atoms with Gasteiger partial charge < -0.3 is 19.5 Å². The first-order valence-corrected chi connectivity index (χ1v) is 6.61. The van der Waals surface area contributed by atoms with Gasteiger partial charge in [-0.25, -0.2) is 0 Å². The van der Waals surface area contributed by atoms with Gasteiger partial charge in [-0.1, -0.05) is 13.8 Å². The summed E-state index contributed by atoms with van der Waals surface area (Å²) in [6.07, 6.45) is 0.932. The van der Waals surface area contributed by atoms with Crippen LogP contribution >= 0.6 is 0 Å². The van der Waals surface area contributed by atoms with E-state index >= 15 is 0 Å². The third kappa shape index (κ3) is 4.05. The van der Waals surface area contributed by atoms with Crippen LogP contribution in [0.15, 0.2) is 12.1 Å². The highest BCUT2D eigenvalue weighted by Crippen LogP contribution is 2.34. The molecule has 1 N–H and O–H groups in total. The summed E-state index contributed by atoms with van der Waals surface area (Å²) in [4.78, 5) is 12.2. The van der Waals surface area contributed by atoms with Crippen LogP contribution in [0.2, 0.25) is 0 Å². The van der Waals surface area contributed by atoms with E-state index in [9.17, 15) is 4.79 Å². The molecule has 0 aliphatic heterocycles. The van der Waals surface area contributed by atoms with Crippen LogP contribution in [0.25, 0.3) is 0 Å². The Morgan fingerprint density at radius 2 is 1.60 bits per heavy atom. The van der Waals surface area contributed by atoms with Gasteiger partial charge in [0.05, 0.1) is 26.9 Å². The topological polar surface area (TPSA) is 56.8 Å². The molecule has 0 aliphatic rings. The van der Waals surface area contributed by atoms with Crippen molar-refractivity contribution in [3.8, 4) is 17.2 Å². The van der Waals surface area contributed by atoms with E-state index in [2.05, 4.69) is 19.2 Å². The highest BCUT2D eigenvalue weighted by Gasteiger charge is 2.17. The van der Waals surface area contributed by atoms with Crippen molar-refractivity contribution in [1.29, 1.82) is 0 Å². The maximum Gasteiger partial charge on any atom is 0.255 e. The van der Waals surface area contributed by atoms with Crippen LogP contribution < -0.4 is 19.5 Å². The fourth-order valence-corrected chi connectivity index (χ4v) is 1.78. The summed E-state index contributed by atoms with van der Waals surface area (Å²) in [5, 5.41) is 2.88. The van der Waals surface area contributed by atoms with Crippen LogP contribution in [0.3, 0.4) is 0 Å². The predicted molar refractivity (Wildman–Crippen MR) is 77.9 cm³/mol. The molecule has 0 fully saturated rings. The van der Waals surface area contributed by atoms with Crippen LogP contribution in [-0.4, -0.2) is 33.8 Å². The normalized spacial score (nSPS) is 10.3. The van der Waals surface area contributed by atoms with Gasteiger partial charge in [0.25, 0.3) is 5.91 Å². The predicted octanol–water partition coefficient (Wildman–Crippen LogP) is 2.49. The van der Waals surface area contributed by atoms with Gasteiger partial charge in [0.2, 0.25) is 0 Å². The molecule has 1 rings (SSSR count). The van der Waals surface area contributed by atoms with Gasteiger partial charge in [-0.05, 0) is 12.3 Å². The summed E-state index contributed by atoms with van der Waals surface area (Å²) >= 11 is 0. The van der Waals surface area contributed by atoms with Gasteiger partial charge >= 0.3 is 0 Å². The van der Waals surface area contributed by atoms with Crippen LogP contribution in [0, 0.1) is 5.92 Å². The zero-order valence-corrected chi connectivity index (χ0v) is 12.8. The first-order valence-electron chi connectivity index (χ1n) is 6.61. The SMILES string of the molecule is COc1cc(OC)c(C(=O)NCCC(C)C)cc1OC. The van der Waals surface area contributed by atoms with Crippen molar-refractivity contribution in [2.75, 3.05) is 27.9 Å². The molecule has 20 heavy (non-hydrogen) atoms. The molecule has 0 heterocycles. The number of amides is 1. The van der Waals surface area contributed by atoms with Crippen LogP contribution in [0.4, 0.5) is 0 Å². The molecule has 1 amide bonds. The molecule has 1 aromatic carbocycles. The number of hydrogen-bond donors (Lipinski definition) is 1. The van der Waals surface area contributed by atoms with Crippen molar-refractivity contribution >= 4 is 5.91 Å². The molecule has 0 aromatic heterocycles. The summed E-state index contributed by atoms with van der Waals surface area (Å²) in [6.45, 7) is 4.86. The number of ether oxygens (including phenoxy) is 3. The van der Waals surface area contributed by atoms with Gasteiger partial charge in [0.1, 0.15) is 5.75 Å². The largest absolute Gasteiger partial charge is 0.496 e. The molecule has 0 bridgehead atoms. The number of carbonyl (C=O) groups is 1. The van der Waals surface area contributed by atoms with Crippen LogP contribution in [0.1, 0.15) is 30.6 Å². The molecule has 0 saturated carbocycles. The summed E-state index contributed by atoms with van der Waals surface area (Å²) in [7, 11) is 4.59. The van der Waals surface area contributed by atoms with E-state index in [1.807, 2.05) is 0 Å². The van der Waals surface area contributed by atoms with Gasteiger partial charge in [0, 0.05) is 18.7 Å².